The van der Waals surface area contributed by atoms with Crippen LogP contribution in [0.1, 0.15) is 46.5 Å². The van der Waals surface area contributed by atoms with Crippen molar-refractivity contribution in [1.82, 2.24) is 4.90 Å². The molecule has 1 aliphatic heterocycles. The largest absolute Gasteiger partial charge is 0.329 e. The van der Waals surface area contributed by atoms with E-state index in [9.17, 15) is 0 Å². The Kier molecular flexibility index (Phi) is 5.81. The van der Waals surface area contributed by atoms with E-state index in [-0.39, 0.29) is 5.54 Å². The van der Waals surface area contributed by atoms with E-state index in [2.05, 4.69) is 44.5 Å². The van der Waals surface area contributed by atoms with Gasteiger partial charge in [-0.15, -0.1) is 0 Å². The van der Waals surface area contributed by atoms with Crippen LogP contribution in [0.5, 0.6) is 0 Å². The number of nitrogens with two attached hydrogens (primary N) is 1. The van der Waals surface area contributed by atoms with E-state index in [1.807, 2.05) is 0 Å². The van der Waals surface area contributed by atoms with Gasteiger partial charge in [-0.3, -0.25) is 4.90 Å². The van der Waals surface area contributed by atoms with E-state index in [0.29, 0.717) is 5.41 Å². The monoisotopic (exact) mass is 258 g/mol. The minimum absolute atomic E-state index is 0.198. The fraction of sp³-hybridized carbons (Fsp3) is 1.00. The summed E-state index contributed by atoms with van der Waals surface area (Å²) in [7, 11) is 2.27. The van der Waals surface area contributed by atoms with Crippen molar-refractivity contribution in [2.75, 3.05) is 31.6 Å². The molecule has 1 rings (SSSR count). The molecule has 1 aliphatic rings. The third-order valence-electron chi connectivity index (χ3n) is 4.64. The van der Waals surface area contributed by atoms with Gasteiger partial charge in [-0.05, 0) is 37.6 Å². The topological polar surface area (TPSA) is 29.3 Å². The van der Waals surface area contributed by atoms with Crippen LogP contribution in [-0.2, 0) is 0 Å². The third-order valence-corrected chi connectivity index (χ3v) is 5.81. The summed E-state index contributed by atoms with van der Waals surface area (Å²) >= 11 is 2.07. The number of hydrogen-bond donors (Lipinski definition) is 1. The highest BCUT2D eigenvalue weighted by Gasteiger charge is 2.48. The molecule has 0 bridgehead atoms. The second-order valence-corrected chi connectivity index (χ2v) is 7.16. The van der Waals surface area contributed by atoms with E-state index in [1.165, 1.54) is 43.7 Å². The van der Waals surface area contributed by atoms with Gasteiger partial charge in [0.15, 0.2) is 0 Å². The quantitative estimate of drug-likeness (QED) is 0.743. The lowest BCUT2D eigenvalue weighted by Gasteiger charge is -2.54. The Balaban J connectivity index is 2.71. The first-order valence-corrected chi connectivity index (χ1v) is 8.15. The van der Waals surface area contributed by atoms with Gasteiger partial charge in [-0.25, -0.2) is 0 Å². The lowest BCUT2D eigenvalue weighted by molar-refractivity contribution is 0.0193. The summed E-state index contributed by atoms with van der Waals surface area (Å²) in [6.07, 6.45) is 5.21. The van der Waals surface area contributed by atoms with Gasteiger partial charge in [-0.2, -0.15) is 11.8 Å². The van der Waals surface area contributed by atoms with E-state index < -0.39 is 0 Å². The molecule has 0 spiro atoms. The molecule has 0 aromatic heterocycles. The van der Waals surface area contributed by atoms with Gasteiger partial charge in [-0.1, -0.05) is 33.6 Å². The molecule has 1 atom stereocenters. The van der Waals surface area contributed by atoms with Crippen LogP contribution < -0.4 is 5.73 Å². The number of hydrogen-bond acceptors (Lipinski definition) is 3. The molecule has 1 saturated heterocycles. The maximum absolute atomic E-state index is 6.16. The summed E-state index contributed by atoms with van der Waals surface area (Å²) in [6.45, 7) is 9.04. The standard InChI is InChI=1S/C14H30N2S/c1-5-6-7-9-16(4)14(11-15)12-17-10-8-13(14,2)3/h5-12,15H2,1-4H3. The molecule has 17 heavy (non-hydrogen) atoms. The molecule has 0 saturated carbocycles. The molecule has 2 nitrogen and oxygen atoms in total. The van der Waals surface area contributed by atoms with Crippen LogP contribution in [-0.4, -0.2) is 42.1 Å². The lowest BCUT2D eigenvalue weighted by atomic mass is 9.70. The average Bonchev–Trinajstić information content (AvgIpc) is 2.29. The Hall–Kier alpha value is 0.270. The second kappa shape index (κ2) is 6.44. The molecule has 0 aliphatic carbocycles. The van der Waals surface area contributed by atoms with Gasteiger partial charge in [0, 0.05) is 17.8 Å². The van der Waals surface area contributed by atoms with Crippen LogP contribution in [0.3, 0.4) is 0 Å². The minimum atomic E-state index is 0.198. The van der Waals surface area contributed by atoms with Gasteiger partial charge in [0.25, 0.3) is 0 Å². The second-order valence-electron chi connectivity index (χ2n) is 6.05. The zero-order chi connectivity index (χ0) is 12.9. The Labute approximate surface area is 112 Å². The molecule has 0 amide bonds. The first-order chi connectivity index (χ1) is 8.00. The van der Waals surface area contributed by atoms with Gasteiger partial charge in [0.2, 0.25) is 0 Å². The summed E-state index contributed by atoms with van der Waals surface area (Å²) in [5, 5.41) is 0. The van der Waals surface area contributed by atoms with Crippen molar-refractivity contribution in [1.29, 1.82) is 0 Å². The Bertz CT molecular complexity index is 230. The zero-order valence-corrected chi connectivity index (χ0v) is 12.9. The van der Waals surface area contributed by atoms with Crippen LogP contribution in [0.4, 0.5) is 0 Å². The molecule has 0 aromatic rings. The highest BCUT2D eigenvalue weighted by atomic mass is 32.2. The summed E-state index contributed by atoms with van der Waals surface area (Å²) in [5.41, 5.74) is 6.70. The molecule has 0 aromatic carbocycles. The Morgan fingerprint density at radius 1 is 1.29 bits per heavy atom. The SMILES string of the molecule is CCCCCN(C)C1(CN)CSCCC1(C)C. The summed E-state index contributed by atoms with van der Waals surface area (Å²) in [4.78, 5) is 2.55. The molecular weight excluding hydrogens is 228 g/mol. The number of likely N-dealkylation sites (N-methyl/N-ethyl adjacent to an activating group) is 1. The highest BCUT2D eigenvalue weighted by Crippen LogP contribution is 2.45. The predicted molar refractivity (Wildman–Crippen MR) is 79.7 cm³/mol. The van der Waals surface area contributed by atoms with Crippen molar-refractivity contribution < 1.29 is 0 Å². The van der Waals surface area contributed by atoms with Crippen molar-refractivity contribution in [3.05, 3.63) is 0 Å². The number of nitrogens with zero attached hydrogens (tertiary/aromatic N) is 1. The smallest absolute Gasteiger partial charge is 0.0469 e. The first kappa shape index (κ1) is 15.3. The van der Waals surface area contributed by atoms with Crippen LogP contribution in [0.15, 0.2) is 0 Å². The normalized spacial score (nSPS) is 28.6. The molecule has 0 radical (unpaired) electrons. The Morgan fingerprint density at radius 2 is 2.00 bits per heavy atom. The fourth-order valence-corrected chi connectivity index (χ4v) is 4.79. The average molecular weight is 258 g/mol. The maximum atomic E-state index is 6.16. The van der Waals surface area contributed by atoms with E-state index in [4.69, 9.17) is 5.73 Å². The lowest BCUT2D eigenvalue weighted by Crippen LogP contribution is -2.64. The zero-order valence-electron chi connectivity index (χ0n) is 12.1. The van der Waals surface area contributed by atoms with Crippen LogP contribution >= 0.6 is 11.8 Å². The maximum Gasteiger partial charge on any atom is 0.0469 e. The minimum Gasteiger partial charge on any atom is -0.329 e. The van der Waals surface area contributed by atoms with Crippen molar-refractivity contribution >= 4 is 11.8 Å². The van der Waals surface area contributed by atoms with Gasteiger partial charge in [0.1, 0.15) is 0 Å². The summed E-state index contributed by atoms with van der Waals surface area (Å²) in [6, 6.07) is 0. The van der Waals surface area contributed by atoms with Gasteiger partial charge in [0.05, 0.1) is 0 Å². The molecule has 2 N–H and O–H groups in total. The molecule has 102 valence electrons. The Morgan fingerprint density at radius 3 is 2.53 bits per heavy atom. The molecular formula is C14H30N2S. The van der Waals surface area contributed by atoms with Crippen LogP contribution in [0.25, 0.3) is 0 Å². The fourth-order valence-electron chi connectivity index (χ4n) is 2.93. The molecule has 3 heteroatoms. The van der Waals surface area contributed by atoms with Crippen molar-refractivity contribution in [3.63, 3.8) is 0 Å². The summed E-state index contributed by atoms with van der Waals surface area (Å²) < 4.78 is 0. The van der Waals surface area contributed by atoms with Crippen molar-refractivity contribution in [2.45, 2.75) is 52.0 Å². The van der Waals surface area contributed by atoms with Gasteiger partial charge >= 0.3 is 0 Å². The highest BCUT2D eigenvalue weighted by molar-refractivity contribution is 7.99. The number of rotatable bonds is 6. The molecule has 1 heterocycles. The summed E-state index contributed by atoms with van der Waals surface area (Å²) in [5.74, 6) is 2.48. The number of thioether (sulfide) groups is 1. The number of unbranched alkanes of at least 4 members (excludes halogenated alkanes) is 2. The first-order valence-electron chi connectivity index (χ1n) is 6.99. The van der Waals surface area contributed by atoms with Crippen molar-refractivity contribution in [2.24, 2.45) is 11.1 Å². The van der Waals surface area contributed by atoms with Gasteiger partial charge < -0.3 is 5.73 Å². The van der Waals surface area contributed by atoms with E-state index in [1.54, 1.807) is 0 Å². The van der Waals surface area contributed by atoms with E-state index >= 15 is 0 Å². The van der Waals surface area contributed by atoms with Crippen LogP contribution in [0.2, 0.25) is 0 Å². The van der Waals surface area contributed by atoms with Crippen LogP contribution in [0, 0.1) is 5.41 Å². The third kappa shape index (κ3) is 3.18. The molecule has 1 unspecified atom stereocenters. The molecule has 1 fully saturated rings. The van der Waals surface area contributed by atoms with E-state index in [0.717, 1.165) is 6.54 Å². The predicted octanol–water partition coefficient (Wildman–Crippen LogP) is 2.97. The van der Waals surface area contributed by atoms with Crippen molar-refractivity contribution in [3.8, 4) is 0 Å².